The molecule has 5 nitrogen and oxygen atoms in total. The average molecular weight is 415 g/mol. The van der Waals surface area contributed by atoms with E-state index in [1.807, 2.05) is 41.5 Å². The van der Waals surface area contributed by atoms with Crippen LogP contribution in [0.15, 0.2) is 12.7 Å². The summed E-state index contributed by atoms with van der Waals surface area (Å²) in [5, 5.41) is 0.0473. The molecule has 1 rings (SSSR count). The van der Waals surface area contributed by atoms with Gasteiger partial charge in [-0.1, -0.05) is 33.8 Å². The summed E-state index contributed by atoms with van der Waals surface area (Å²) in [6, 6.07) is 0. The average Bonchev–Trinajstić information content (AvgIpc) is 2.82. The molecule has 1 aliphatic heterocycles. The molecule has 0 aromatic heterocycles. The minimum absolute atomic E-state index is 0.0473. The van der Waals surface area contributed by atoms with Crippen LogP contribution in [0.5, 0.6) is 0 Å². The van der Waals surface area contributed by atoms with E-state index < -0.39 is 19.5 Å². The molecule has 4 atom stereocenters. The Balaban J connectivity index is 3.10. The highest BCUT2D eigenvalue weighted by atomic mass is 28.4. The predicted molar refractivity (Wildman–Crippen MR) is 116 cm³/mol. The number of carbonyl (C=O) groups excluding carboxylic acids is 1. The van der Waals surface area contributed by atoms with Crippen LogP contribution < -0.4 is 0 Å². The SMILES string of the molecule is C=C[C@H]1OC(C)(C)O[C@@H]1[C@@H](O[Si](C)(C)C(C)(C)C)[C@@H](C)COC(=O)C(C)(C)C. The van der Waals surface area contributed by atoms with Gasteiger partial charge in [-0.05, 0) is 52.8 Å². The quantitative estimate of drug-likeness (QED) is 0.321. The summed E-state index contributed by atoms with van der Waals surface area (Å²) in [6.07, 6.45) is 0.934. The first kappa shape index (κ1) is 25.3. The van der Waals surface area contributed by atoms with Crippen molar-refractivity contribution in [1.29, 1.82) is 0 Å². The van der Waals surface area contributed by atoms with E-state index >= 15 is 0 Å². The highest BCUT2D eigenvalue weighted by molar-refractivity contribution is 6.74. The highest BCUT2D eigenvalue weighted by Crippen LogP contribution is 2.41. The Kier molecular flexibility index (Phi) is 7.77. The van der Waals surface area contributed by atoms with Gasteiger partial charge in [-0.25, -0.2) is 0 Å². The van der Waals surface area contributed by atoms with Gasteiger partial charge in [-0.15, -0.1) is 6.58 Å². The van der Waals surface area contributed by atoms with Gasteiger partial charge in [0.05, 0.1) is 18.1 Å². The van der Waals surface area contributed by atoms with Gasteiger partial charge in [0.2, 0.25) is 0 Å². The minimum atomic E-state index is -2.09. The summed E-state index contributed by atoms with van der Waals surface area (Å²) in [5.74, 6) is -0.972. The normalized spacial score (nSPS) is 25.2. The topological polar surface area (TPSA) is 54.0 Å². The van der Waals surface area contributed by atoms with Crippen LogP contribution in [-0.2, 0) is 23.4 Å². The summed E-state index contributed by atoms with van der Waals surface area (Å²) in [6.45, 7) is 26.7. The number of rotatable bonds is 7. The molecule has 0 bridgehead atoms. The molecular formula is C22H42O5Si. The molecule has 0 amide bonds. The Labute approximate surface area is 173 Å². The van der Waals surface area contributed by atoms with E-state index in [9.17, 15) is 4.79 Å². The van der Waals surface area contributed by atoms with Crippen molar-refractivity contribution >= 4 is 14.3 Å². The number of ether oxygens (including phenoxy) is 3. The van der Waals surface area contributed by atoms with Crippen molar-refractivity contribution in [2.45, 2.75) is 105 Å². The zero-order valence-corrected chi connectivity index (χ0v) is 20.8. The van der Waals surface area contributed by atoms with E-state index in [1.165, 1.54) is 0 Å². The maximum Gasteiger partial charge on any atom is 0.311 e. The maximum atomic E-state index is 12.3. The summed E-state index contributed by atoms with van der Waals surface area (Å²) in [5.41, 5.74) is -0.534. The summed E-state index contributed by atoms with van der Waals surface area (Å²) in [4.78, 5) is 12.3. The monoisotopic (exact) mass is 414 g/mol. The molecule has 0 radical (unpaired) electrons. The first-order valence-electron chi connectivity index (χ1n) is 10.2. The molecule has 0 aromatic carbocycles. The van der Waals surface area contributed by atoms with Crippen LogP contribution in [0.2, 0.25) is 18.1 Å². The lowest BCUT2D eigenvalue weighted by Gasteiger charge is -2.43. The lowest BCUT2D eigenvalue weighted by atomic mass is 9.95. The largest absolute Gasteiger partial charge is 0.465 e. The summed E-state index contributed by atoms with van der Waals surface area (Å²) < 4.78 is 24.6. The van der Waals surface area contributed by atoms with Crippen LogP contribution in [0.25, 0.3) is 0 Å². The van der Waals surface area contributed by atoms with Crippen molar-refractivity contribution in [2.24, 2.45) is 11.3 Å². The van der Waals surface area contributed by atoms with E-state index in [0.29, 0.717) is 0 Å². The van der Waals surface area contributed by atoms with Crippen LogP contribution in [-0.4, -0.2) is 45.0 Å². The molecule has 1 heterocycles. The lowest BCUT2D eigenvalue weighted by Crippen LogP contribution is -2.52. The minimum Gasteiger partial charge on any atom is -0.465 e. The fraction of sp³-hybridized carbons (Fsp3) is 0.864. The van der Waals surface area contributed by atoms with Gasteiger partial charge in [0.1, 0.15) is 12.2 Å². The Morgan fingerprint density at radius 1 is 1.18 bits per heavy atom. The predicted octanol–water partition coefficient (Wildman–Crippen LogP) is 5.31. The molecule has 28 heavy (non-hydrogen) atoms. The first-order valence-corrected chi connectivity index (χ1v) is 13.2. The van der Waals surface area contributed by atoms with Crippen LogP contribution in [0.3, 0.4) is 0 Å². The molecule has 164 valence electrons. The number of carbonyl (C=O) groups is 1. The third kappa shape index (κ3) is 6.41. The third-order valence-electron chi connectivity index (χ3n) is 5.61. The van der Waals surface area contributed by atoms with E-state index in [2.05, 4.69) is 40.4 Å². The molecule has 1 aliphatic rings. The van der Waals surface area contributed by atoms with Crippen molar-refractivity contribution < 1.29 is 23.4 Å². The van der Waals surface area contributed by atoms with Gasteiger partial charge in [-0.3, -0.25) is 4.79 Å². The number of hydrogen-bond donors (Lipinski definition) is 0. The van der Waals surface area contributed by atoms with Gasteiger partial charge >= 0.3 is 5.97 Å². The molecule has 0 N–H and O–H groups in total. The molecule has 1 fully saturated rings. The van der Waals surface area contributed by atoms with Crippen LogP contribution >= 0.6 is 0 Å². The van der Waals surface area contributed by atoms with E-state index in [0.717, 1.165) is 0 Å². The number of hydrogen-bond acceptors (Lipinski definition) is 5. The van der Waals surface area contributed by atoms with Gasteiger partial charge in [0.25, 0.3) is 0 Å². The summed E-state index contributed by atoms with van der Waals surface area (Å²) in [7, 11) is -2.09. The van der Waals surface area contributed by atoms with Crippen molar-refractivity contribution in [3.63, 3.8) is 0 Å². The van der Waals surface area contributed by atoms with Gasteiger partial charge in [-0.2, -0.15) is 0 Å². The second kappa shape index (κ2) is 8.58. The van der Waals surface area contributed by atoms with Crippen LogP contribution in [0, 0.1) is 11.3 Å². The first-order chi connectivity index (χ1) is 12.4. The second-order valence-electron chi connectivity index (χ2n) is 11.0. The standard InChI is InChI=1S/C22H42O5Si/c1-13-16-18(26-22(9,10)25-16)17(27-28(11,12)21(6,7)8)15(2)14-24-19(23)20(3,4)5/h13,15-18H,1,14H2,2-12H3/t15-,16+,17-,18-/m0/s1. The Bertz CT molecular complexity index is 556. The van der Waals surface area contributed by atoms with E-state index in [-0.39, 0.29) is 41.8 Å². The van der Waals surface area contributed by atoms with Crippen LogP contribution in [0.4, 0.5) is 0 Å². The van der Waals surface area contributed by atoms with Gasteiger partial charge in [0, 0.05) is 5.92 Å². The van der Waals surface area contributed by atoms with E-state index in [4.69, 9.17) is 18.6 Å². The molecule has 0 spiro atoms. The van der Waals surface area contributed by atoms with Gasteiger partial charge < -0.3 is 18.6 Å². The Morgan fingerprint density at radius 3 is 2.14 bits per heavy atom. The third-order valence-corrected chi connectivity index (χ3v) is 10.1. The maximum absolute atomic E-state index is 12.3. The smallest absolute Gasteiger partial charge is 0.311 e. The number of esters is 1. The van der Waals surface area contributed by atoms with Crippen molar-refractivity contribution in [3.05, 3.63) is 12.7 Å². The molecule has 0 unspecified atom stereocenters. The highest BCUT2D eigenvalue weighted by Gasteiger charge is 2.49. The molecule has 6 heteroatoms. The lowest BCUT2D eigenvalue weighted by molar-refractivity contribution is -0.163. The molecule has 0 saturated carbocycles. The Hall–Kier alpha value is -0.693. The fourth-order valence-electron chi connectivity index (χ4n) is 2.80. The zero-order chi connectivity index (χ0) is 22.1. The summed E-state index contributed by atoms with van der Waals surface area (Å²) >= 11 is 0. The Morgan fingerprint density at radius 2 is 1.71 bits per heavy atom. The molecule has 1 saturated heterocycles. The van der Waals surface area contributed by atoms with Crippen LogP contribution in [0.1, 0.15) is 62.3 Å². The molecule has 0 aromatic rings. The molecule has 0 aliphatic carbocycles. The zero-order valence-electron chi connectivity index (χ0n) is 19.8. The second-order valence-corrected chi connectivity index (χ2v) is 15.7. The van der Waals surface area contributed by atoms with Crippen molar-refractivity contribution in [3.8, 4) is 0 Å². The van der Waals surface area contributed by atoms with Crippen molar-refractivity contribution in [1.82, 2.24) is 0 Å². The van der Waals surface area contributed by atoms with Gasteiger partial charge in [0.15, 0.2) is 14.1 Å². The fourth-order valence-corrected chi connectivity index (χ4v) is 4.20. The molecular weight excluding hydrogens is 372 g/mol. The van der Waals surface area contributed by atoms with Crippen molar-refractivity contribution in [2.75, 3.05) is 6.61 Å². The van der Waals surface area contributed by atoms with E-state index in [1.54, 1.807) is 6.08 Å².